The van der Waals surface area contributed by atoms with Gasteiger partial charge < -0.3 is 14.1 Å². The second-order valence-corrected chi connectivity index (χ2v) is 6.90. The molecule has 0 bridgehead atoms. The number of anilines is 1. The normalized spacial score (nSPS) is 18.4. The average Bonchev–Trinajstić information content (AvgIpc) is 2.64. The van der Waals surface area contributed by atoms with E-state index in [-0.39, 0.29) is 0 Å². The molecule has 0 amide bonds. The molecule has 104 valence electrons. The Balaban J connectivity index is 2.17. The van der Waals surface area contributed by atoms with Gasteiger partial charge >= 0.3 is 0 Å². The van der Waals surface area contributed by atoms with Gasteiger partial charge in [0.15, 0.2) is 11.6 Å². The molecule has 2 rings (SSSR count). The van der Waals surface area contributed by atoms with E-state index in [1.54, 1.807) is 0 Å². The van der Waals surface area contributed by atoms with Crippen LogP contribution in [0.25, 0.3) is 0 Å². The second-order valence-electron chi connectivity index (χ2n) is 6.02. The van der Waals surface area contributed by atoms with Gasteiger partial charge in [0.2, 0.25) is 0 Å². The number of hydrogen-bond donors (Lipinski definition) is 0. The van der Waals surface area contributed by atoms with Crippen LogP contribution in [0.1, 0.15) is 0 Å². The zero-order chi connectivity index (χ0) is 14.0. The molecule has 1 unspecified atom stereocenters. The van der Waals surface area contributed by atoms with E-state index in [2.05, 4.69) is 67.8 Å². The Labute approximate surface area is 129 Å². The van der Waals surface area contributed by atoms with Crippen molar-refractivity contribution in [1.29, 1.82) is 0 Å². The Morgan fingerprint density at radius 1 is 1.32 bits per heavy atom. The molecule has 0 saturated carbocycles. The van der Waals surface area contributed by atoms with Crippen molar-refractivity contribution in [2.75, 3.05) is 44.1 Å². The summed E-state index contributed by atoms with van der Waals surface area (Å²) in [6.07, 6.45) is 2.26. The van der Waals surface area contributed by atoms with Gasteiger partial charge in [-0.1, -0.05) is 34.7 Å². The third-order valence-corrected chi connectivity index (χ3v) is 4.26. The maximum Gasteiger partial charge on any atom is 0.196 e. The molecule has 0 N–H and O–H groups in total. The van der Waals surface area contributed by atoms with E-state index in [1.165, 1.54) is 0 Å². The Morgan fingerprint density at radius 2 is 2.00 bits per heavy atom. The lowest BCUT2D eigenvalue weighted by atomic mass is 10.1. The summed E-state index contributed by atoms with van der Waals surface area (Å²) in [5, 5.41) is 0. The molecule has 1 atom stereocenters. The quantitative estimate of drug-likeness (QED) is 0.457. The van der Waals surface area contributed by atoms with Gasteiger partial charge in [-0.15, -0.1) is 0 Å². The van der Waals surface area contributed by atoms with E-state index in [0.29, 0.717) is 5.92 Å². The van der Waals surface area contributed by atoms with E-state index in [1.807, 2.05) is 18.2 Å². The highest BCUT2D eigenvalue weighted by molar-refractivity contribution is 14.1. The van der Waals surface area contributed by atoms with Gasteiger partial charge in [-0.2, -0.15) is 0 Å². The van der Waals surface area contributed by atoms with Crippen molar-refractivity contribution in [3.05, 3.63) is 36.2 Å². The van der Waals surface area contributed by atoms with Crippen molar-refractivity contribution < 1.29 is 9.22 Å². The number of para-hydroxylation sites is 2. The lowest BCUT2D eigenvalue weighted by Gasteiger charge is -2.27. The van der Waals surface area contributed by atoms with Crippen LogP contribution < -0.4 is 9.64 Å². The van der Waals surface area contributed by atoms with Crippen LogP contribution in [0.3, 0.4) is 0 Å². The van der Waals surface area contributed by atoms with Gasteiger partial charge in [-0.25, -0.2) is 0 Å². The first kappa shape index (κ1) is 14.7. The lowest BCUT2D eigenvalue weighted by Crippen LogP contribution is -2.39. The predicted molar refractivity (Wildman–Crippen MR) is 88.8 cm³/mol. The van der Waals surface area contributed by atoms with Crippen LogP contribution in [0.5, 0.6) is 5.75 Å². The minimum Gasteiger partial charge on any atom is -0.439 e. The van der Waals surface area contributed by atoms with Crippen LogP contribution in [0.2, 0.25) is 0 Å². The molecular formula is C15H22IN2O+. The molecule has 0 aliphatic carbocycles. The fourth-order valence-electron chi connectivity index (χ4n) is 2.32. The van der Waals surface area contributed by atoms with Gasteiger partial charge in [-0.05, 0) is 18.2 Å². The minimum absolute atomic E-state index is 0.521. The van der Waals surface area contributed by atoms with Gasteiger partial charge in [0, 0.05) is 17.4 Å². The highest BCUT2D eigenvalue weighted by Gasteiger charge is 2.24. The number of benzene rings is 1. The first-order valence-corrected chi connectivity index (χ1v) is 8.02. The number of rotatable bonds is 4. The summed E-state index contributed by atoms with van der Waals surface area (Å²) in [5.41, 5.74) is 1.14. The van der Waals surface area contributed by atoms with E-state index in [4.69, 9.17) is 4.74 Å². The van der Waals surface area contributed by atoms with Crippen molar-refractivity contribution in [3.8, 4) is 5.75 Å². The maximum atomic E-state index is 5.94. The van der Waals surface area contributed by atoms with Crippen LogP contribution in [-0.2, 0) is 0 Å². The molecule has 0 spiro atoms. The van der Waals surface area contributed by atoms with Crippen LogP contribution in [0.4, 0.5) is 5.69 Å². The first-order valence-electron chi connectivity index (χ1n) is 6.49. The first-order chi connectivity index (χ1) is 8.90. The monoisotopic (exact) mass is 373 g/mol. The van der Waals surface area contributed by atoms with Crippen molar-refractivity contribution in [1.82, 2.24) is 0 Å². The zero-order valence-electron chi connectivity index (χ0n) is 12.1. The minimum atomic E-state index is 0.521. The molecule has 19 heavy (non-hydrogen) atoms. The molecule has 0 saturated heterocycles. The van der Waals surface area contributed by atoms with Crippen LogP contribution in [-0.4, -0.2) is 43.6 Å². The third kappa shape index (κ3) is 3.63. The van der Waals surface area contributed by atoms with Crippen molar-refractivity contribution in [3.63, 3.8) is 0 Å². The topological polar surface area (TPSA) is 12.5 Å². The summed E-state index contributed by atoms with van der Waals surface area (Å²) < 4.78 is 8.01. The summed E-state index contributed by atoms with van der Waals surface area (Å²) in [5.74, 6) is 2.43. The summed E-state index contributed by atoms with van der Waals surface area (Å²) in [4.78, 5) is 2.13. The highest BCUT2D eigenvalue weighted by atomic mass is 127. The molecule has 1 heterocycles. The smallest absolute Gasteiger partial charge is 0.196 e. The highest BCUT2D eigenvalue weighted by Crippen LogP contribution is 2.37. The van der Waals surface area contributed by atoms with Crippen molar-refractivity contribution in [2.24, 2.45) is 5.92 Å². The Hall–Kier alpha value is -0.750. The SMILES string of the molecule is CN1/C(=C/C(CI)C[N+](C)(C)C)Oc2ccccc21. The zero-order valence-corrected chi connectivity index (χ0v) is 14.2. The second kappa shape index (κ2) is 5.71. The van der Waals surface area contributed by atoms with Gasteiger partial charge in [0.05, 0.1) is 33.4 Å². The number of quaternary nitrogens is 1. The number of fused-ring (bicyclic) bond motifs is 1. The summed E-state index contributed by atoms with van der Waals surface area (Å²) in [6, 6.07) is 8.17. The Bertz CT molecular complexity index is 479. The van der Waals surface area contributed by atoms with Crippen molar-refractivity contribution >= 4 is 28.3 Å². The number of halogens is 1. The largest absolute Gasteiger partial charge is 0.439 e. The lowest BCUT2D eigenvalue weighted by molar-refractivity contribution is -0.872. The number of nitrogens with zero attached hydrogens (tertiary/aromatic N) is 2. The standard InChI is InChI=1S/C15H22IN2O/c1-17-13-7-5-6-8-14(13)19-15(17)9-12(10-16)11-18(2,3)4/h5-9,12H,10-11H2,1-4H3/q+1/b15-9-. The fourth-order valence-corrected chi connectivity index (χ4v) is 2.85. The van der Waals surface area contributed by atoms with Crippen LogP contribution >= 0.6 is 22.6 Å². The molecule has 1 aliphatic rings. The molecule has 3 nitrogen and oxygen atoms in total. The molecule has 0 fully saturated rings. The Kier molecular flexibility index (Phi) is 4.40. The fraction of sp³-hybridized carbons (Fsp3) is 0.467. The van der Waals surface area contributed by atoms with Gasteiger partial charge in [-0.3, -0.25) is 0 Å². The molecular weight excluding hydrogens is 351 g/mol. The molecule has 1 aliphatic heterocycles. The average molecular weight is 373 g/mol. The van der Waals surface area contributed by atoms with E-state index >= 15 is 0 Å². The van der Waals surface area contributed by atoms with Crippen LogP contribution in [0, 0.1) is 5.92 Å². The molecule has 4 heteroatoms. The van der Waals surface area contributed by atoms with E-state index in [9.17, 15) is 0 Å². The summed E-state index contributed by atoms with van der Waals surface area (Å²) in [7, 11) is 8.75. The van der Waals surface area contributed by atoms with E-state index < -0.39 is 0 Å². The molecule has 1 aromatic carbocycles. The van der Waals surface area contributed by atoms with Crippen molar-refractivity contribution in [2.45, 2.75) is 0 Å². The number of hydrogen-bond acceptors (Lipinski definition) is 2. The number of ether oxygens (including phenoxy) is 1. The number of alkyl halides is 1. The predicted octanol–water partition coefficient (Wildman–Crippen LogP) is 3.11. The summed E-state index contributed by atoms with van der Waals surface area (Å²) in [6.45, 7) is 1.11. The third-order valence-electron chi connectivity index (χ3n) is 3.13. The summed E-state index contributed by atoms with van der Waals surface area (Å²) >= 11 is 2.45. The Morgan fingerprint density at radius 3 is 2.58 bits per heavy atom. The molecule has 1 aromatic rings. The van der Waals surface area contributed by atoms with Gasteiger partial charge in [0.25, 0.3) is 0 Å². The molecule has 0 radical (unpaired) electrons. The van der Waals surface area contributed by atoms with Crippen LogP contribution in [0.15, 0.2) is 36.2 Å². The van der Waals surface area contributed by atoms with Gasteiger partial charge in [0.1, 0.15) is 0 Å². The van der Waals surface area contributed by atoms with E-state index in [0.717, 1.165) is 32.8 Å². The molecule has 0 aromatic heterocycles. The maximum absolute atomic E-state index is 5.94.